The number of methoxy groups -OCH3 is 2. The molecule has 8 nitrogen and oxygen atoms in total. The molecule has 0 atom stereocenters. The van der Waals surface area contributed by atoms with E-state index in [9.17, 15) is 14.9 Å². The van der Waals surface area contributed by atoms with Crippen molar-refractivity contribution in [3.8, 4) is 5.75 Å². The zero-order chi connectivity index (χ0) is 15.0. The molecule has 0 saturated carbocycles. The maximum absolute atomic E-state index is 11.5. The number of nitrogens with zero attached hydrogens (tertiary/aromatic N) is 1. The molecule has 0 aliphatic carbocycles. The molecule has 2 N–H and O–H groups in total. The van der Waals surface area contributed by atoms with Gasteiger partial charge < -0.3 is 20.1 Å². The van der Waals surface area contributed by atoms with Crippen LogP contribution < -0.4 is 15.4 Å². The van der Waals surface area contributed by atoms with Gasteiger partial charge in [-0.15, -0.1) is 0 Å². The highest BCUT2D eigenvalue weighted by atomic mass is 16.6. The molecule has 0 bridgehead atoms. The molecule has 0 saturated heterocycles. The summed E-state index contributed by atoms with van der Waals surface area (Å²) in [4.78, 5) is 22.0. The number of amides is 1. The molecule has 110 valence electrons. The number of nitro benzene ring substituents is 1. The van der Waals surface area contributed by atoms with Crippen LogP contribution in [-0.2, 0) is 9.53 Å². The van der Waals surface area contributed by atoms with Gasteiger partial charge in [0.2, 0.25) is 5.91 Å². The van der Waals surface area contributed by atoms with E-state index in [2.05, 4.69) is 10.6 Å². The summed E-state index contributed by atoms with van der Waals surface area (Å²) in [5.41, 5.74) is 0.0379. The Kier molecular flexibility index (Phi) is 6.24. The van der Waals surface area contributed by atoms with Crippen molar-refractivity contribution in [1.82, 2.24) is 5.32 Å². The van der Waals surface area contributed by atoms with Crippen molar-refractivity contribution in [3.05, 3.63) is 28.3 Å². The molecular weight excluding hydrogens is 266 g/mol. The van der Waals surface area contributed by atoms with Crippen LogP contribution in [0.4, 0.5) is 11.4 Å². The van der Waals surface area contributed by atoms with Gasteiger partial charge in [0.25, 0.3) is 0 Å². The number of benzene rings is 1. The molecule has 0 aliphatic heterocycles. The first-order valence-corrected chi connectivity index (χ1v) is 5.91. The van der Waals surface area contributed by atoms with Gasteiger partial charge in [0.05, 0.1) is 25.2 Å². The second-order valence-corrected chi connectivity index (χ2v) is 3.81. The second kappa shape index (κ2) is 7.95. The number of carbonyl (C=O) groups excluding carboxylic acids is 1. The molecule has 1 aromatic carbocycles. The third kappa shape index (κ3) is 4.39. The van der Waals surface area contributed by atoms with Crippen LogP contribution in [0, 0.1) is 10.1 Å². The summed E-state index contributed by atoms with van der Waals surface area (Å²) in [6, 6.07) is 4.61. The SMILES string of the molecule is COCCNC(=O)CNc1cccc(OC)c1[N+](=O)[O-]. The van der Waals surface area contributed by atoms with Gasteiger partial charge in [-0.25, -0.2) is 0 Å². The van der Waals surface area contributed by atoms with Crippen LogP contribution in [0.5, 0.6) is 5.75 Å². The highest BCUT2D eigenvalue weighted by molar-refractivity contribution is 5.82. The molecule has 1 amide bonds. The number of hydrogen-bond donors (Lipinski definition) is 2. The van der Waals surface area contributed by atoms with Gasteiger partial charge in [-0.05, 0) is 12.1 Å². The molecule has 0 aromatic heterocycles. The minimum absolute atomic E-state index is 0.0717. The molecule has 0 aliphatic rings. The van der Waals surface area contributed by atoms with Crippen LogP contribution in [0.25, 0.3) is 0 Å². The van der Waals surface area contributed by atoms with E-state index >= 15 is 0 Å². The molecule has 0 fully saturated rings. The van der Waals surface area contributed by atoms with E-state index in [0.717, 1.165) is 0 Å². The third-order valence-corrected chi connectivity index (χ3v) is 2.47. The fraction of sp³-hybridized carbons (Fsp3) is 0.417. The molecule has 1 rings (SSSR count). The van der Waals surface area contributed by atoms with Crippen LogP contribution >= 0.6 is 0 Å². The van der Waals surface area contributed by atoms with Crippen molar-refractivity contribution >= 4 is 17.3 Å². The molecule has 0 spiro atoms. The van der Waals surface area contributed by atoms with Gasteiger partial charge in [-0.2, -0.15) is 0 Å². The highest BCUT2D eigenvalue weighted by Gasteiger charge is 2.20. The van der Waals surface area contributed by atoms with E-state index in [0.29, 0.717) is 13.2 Å². The molecule has 1 aromatic rings. The standard InChI is InChI=1S/C12H17N3O5/c1-19-7-6-13-11(16)8-14-9-4-3-5-10(20-2)12(9)15(17)18/h3-5,14H,6-8H2,1-2H3,(H,13,16). The van der Waals surface area contributed by atoms with Gasteiger partial charge in [-0.1, -0.05) is 6.07 Å². The van der Waals surface area contributed by atoms with Gasteiger partial charge >= 0.3 is 5.69 Å². The number of hydrogen-bond acceptors (Lipinski definition) is 6. The summed E-state index contributed by atoms with van der Waals surface area (Å²) >= 11 is 0. The Morgan fingerprint density at radius 2 is 2.15 bits per heavy atom. The Morgan fingerprint density at radius 1 is 1.40 bits per heavy atom. The fourth-order valence-corrected chi connectivity index (χ4v) is 1.55. The van der Waals surface area contributed by atoms with Crippen LogP contribution in [0.2, 0.25) is 0 Å². The lowest BCUT2D eigenvalue weighted by atomic mass is 10.2. The Hall–Kier alpha value is -2.35. The monoisotopic (exact) mass is 283 g/mol. The van der Waals surface area contributed by atoms with Crippen molar-refractivity contribution in [2.24, 2.45) is 0 Å². The van der Waals surface area contributed by atoms with Gasteiger partial charge in [0, 0.05) is 13.7 Å². The number of nitro groups is 1. The Morgan fingerprint density at radius 3 is 2.75 bits per heavy atom. The van der Waals surface area contributed by atoms with Crippen molar-refractivity contribution < 1.29 is 19.2 Å². The molecule has 0 unspecified atom stereocenters. The van der Waals surface area contributed by atoms with Crippen molar-refractivity contribution in [1.29, 1.82) is 0 Å². The lowest BCUT2D eigenvalue weighted by molar-refractivity contribution is -0.384. The molecular formula is C12H17N3O5. The third-order valence-electron chi connectivity index (χ3n) is 2.47. The van der Waals surface area contributed by atoms with Crippen molar-refractivity contribution in [3.63, 3.8) is 0 Å². The average molecular weight is 283 g/mol. The summed E-state index contributed by atoms with van der Waals surface area (Å²) in [6.07, 6.45) is 0. The van der Waals surface area contributed by atoms with Gasteiger partial charge in [-0.3, -0.25) is 14.9 Å². The van der Waals surface area contributed by atoms with Gasteiger partial charge in [0.1, 0.15) is 5.69 Å². The Bertz CT molecular complexity index is 478. The summed E-state index contributed by atoms with van der Waals surface area (Å²) < 4.78 is 9.73. The smallest absolute Gasteiger partial charge is 0.333 e. The first-order chi connectivity index (χ1) is 9.60. The molecule has 20 heavy (non-hydrogen) atoms. The first kappa shape index (κ1) is 15.7. The molecule has 8 heteroatoms. The Labute approximate surface area is 116 Å². The highest BCUT2D eigenvalue weighted by Crippen LogP contribution is 2.34. The predicted octanol–water partition coefficient (Wildman–Crippen LogP) is 0.778. The summed E-state index contributed by atoms with van der Waals surface area (Å²) in [5, 5.41) is 16.4. The van der Waals surface area contributed by atoms with Crippen molar-refractivity contribution in [2.45, 2.75) is 0 Å². The van der Waals surface area contributed by atoms with Crippen LogP contribution in [-0.4, -0.2) is 44.7 Å². The van der Waals surface area contributed by atoms with Gasteiger partial charge in [0.15, 0.2) is 5.75 Å². The predicted molar refractivity (Wildman–Crippen MR) is 73.0 cm³/mol. The zero-order valence-electron chi connectivity index (χ0n) is 11.3. The topological polar surface area (TPSA) is 103 Å². The number of carbonyl (C=O) groups is 1. The largest absolute Gasteiger partial charge is 0.490 e. The number of anilines is 1. The van der Waals surface area contributed by atoms with E-state index in [4.69, 9.17) is 9.47 Å². The molecule has 0 radical (unpaired) electrons. The number of ether oxygens (including phenoxy) is 2. The maximum atomic E-state index is 11.5. The van der Waals surface area contributed by atoms with E-state index in [1.807, 2.05) is 0 Å². The van der Waals surface area contributed by atoms with Crippen molar-refractivity contribution in [2.75, 3.05) is 39.2 Å². The minimum atomic E-state index is -0.552. The fourth-order valence-electron chi connectivity index (χ4n) is 1.55. The lowest BCUT2D eigenvalue weighted by Crippen LogP contribution is -2.32. The maximum Gasteiger partial charge on any atom is 0.333 e. The molecule has 0 heterocycles. The van der Waals surface area contributed by atoms with E-state index in [1.165, 1.54) is 26.4 Å². The average Bonchev–Trinajstić information content (AvgIpc) is 2.44. The first-order valence-electron chi connectivity index (χ1n) is 5.91. The van der Waals surface area contributed by atoms with Crippen LogP contribution in [0.1, 0.15) is 0 Å². The minimum Gasteiger partial charge on any atom is -0.490 e. The number of rotatable bonds is 8. The zero-order valence-corrected chi connectivity index (χ0v) is 11.3. The van der Waals surface area contributed by atoms with Crippen LogP contribution in [0.15, 0.2) is 18.2 Å². The summed E-state index contributed by atoms with van der Waals surface area (Å²) in [5.74, 6) is -0.140. The number of nitrogens with one attached hydrogen (secondary N) is 2. The van der Waals surface area contributed by atoms with E-state index in [-0.39, 0.29) is 29.6 Å². The summed E-state index contributed by atoms with van der Waals surface area (Å²) in [6.45, 7) is 0.722. The lowest BCUT2D eigenvalue weighted by Gasteiger charge is -2.09. The second-order valence-electron chi connectivity index (χ2n) is 3.81. The number of para-hydroxylation sites is 1. The van der Waals surface area contributed by atoms with Crippen LogP contribution in [0.3, 0.4) is 0 Å². The van der Waals surface area contributed by atoms with E-state index < -0.39 is 4.92 Å². The summed E-state index contributed by atoms with van der Waals surface area (Å²) in [7, 11) is 2.88. The van der Waals surface area contributed by atoms with E-state index in [1.54, 1.807) is 6.07 Å². The Balaban J connectivity index is 2.68. The normalized spacial score (nSPS) is 9.90. The quantitative estimate of drug-likeness (QED) is 0.415.